The first kappa shape index (κ1) is 22.9. The lowest BCUT2D eigenvalue weighted by atomic mass is 10.1. The van der Waals surface area contributed by atoms with Crippen LogP contribution >= 0.6 is 11.6 Å². The third-order valence-corrected chi connectivity index (χ3v) is 5.73. The SMILES string of the molecule is COc1cc(C(=O)NCc2ccnc(N3CCOCC3)c2)ccc1OCc1ccccc1Cl. The molecule has 1 fully saturated rings. The summed E-state index contributed by atoms with van der Waals surface area (Å²) in [5.41, 5.74) is 2.34. The monoisotopic (exact) mass is 467 g/mol. The molecular formula is C25H26ClN3O4. The van der Waals surface area contributed by atoms with Gasteiger partial charge in [0, 0.05) is 42.0 Å². The summed E-state index contributed by atoms with van der Waals surface area (Å²) in [6.07, 6.45) is 1.76. The molecule has 0 bridgehead atoms. The van der Waals surface area contributed by atoms with Crippen LogP contribution in [0.2, 0.25) is 5.02 Å². The van der Waals surface area contributed by atoms with Gasteiger partial charge in [-0.2, -0.15) is 0 Å². The molecule has 33 heavy (non-hydrogen) atoms. The van der Waals surface area contributed by atoms with Crippen molar-refractivity contribution in [3.8, 4) is 11.5 Å². The number of aromatic nitrogens is 1. The molecule has 3 aromatic rings. The average molecular weight is 468 g/mol. The fraction of sp³-hybridized carbons (Fsp3) is 0.280. The van der Waals surface area contributed by atoms with E-state index in [1.54, 1.807) is 31.5 Å². The van der Waals surface area contributed by atoms with Crippen molar-refractivity contribution in [2.75, 3.05) is 38.3 Å². The summed E-state index contributed by atoms with van der Waals surface area (Å²) >= 11 is 6.19. The van der Waals surface area contributed by atoms with Gasteiger partial charge in [0.25, 0.3) is 5.91 Å². The van der Waals surface area contributed by atoms with E-state index in [4.69, 9.17) is 25.8 Å². The zero-order valence-corrected chi connectivity index (χ0v) is 19.2. The minimum Gasteiger partial charge on any atom is -0.493 e. The number of carbonyl (C=O) groups excluding carboxylic acids is 1. The molecule has 4 rings (SSSR count). The van der Waals surface area contributed by atoms with Crippen molar-refractivity contribution in [2.45, 2.75) is 13.2 Å². The molecule has 0 spiro atoms. The zero-order valence-electron chi connectivity index (χ0n) is 18.4. The predicted molar refractivity (Wildman–Crippen MR) is 127 cm³/mol. The number of anilines is 1. The number of methoxy groups -OCH3 is 1. The van der Waals surface area contributed by atoms with Crippen LogP contribution in [0.5, 0.6) is 11.5 Å². The second-order valence-corrected chi connectivity index (χ2v) is 7.96. The number of halogens is 1. The van der Waals surface area contributed by atoms with E-state index >= 15 is 0 Å². The number of ether oxygens (including phenoxy) is 3. The van der Waals surface area contributed by atoms with Crippen LogP contribution < -0.4 is 19.7 Å². The lowest BCUT2D eigenvalue weighted by molar-refractivity contribution is 0.0950. The maximum Gasteiger partial charge on any atom is 0.251 e. The molecule has 1 aromatic heterocycles. The van der Waals surface area contributed by atoms with Crippen LogP contribution in [0.4, 0.5) is 5.82 Å². The maximum absolute atomic E-state index is 12.7. The highest BCUT2D eigenvalue weighted by Crippen LogP contribution is 2.29. The van der Waals surface area contributed by atoms with E-state index in [1.165, 1.54) is 0 Å². The molecular weight excluding hydrogens is 442 g/mol. The largest absolute Gasteiger partial charge is 0.493 e. The number of morpholine rings is 1. The average Bonchev–Trinajstić information content (AvgIpc) is 2.87. The Morgan fingerprint density at radius 1 is 1.12 bits per heavy atom. The first-order chi connectivity index (χ1) is 16.1. The lowest BCUT2D eigenvalue weighted by Gasteiger charge is -2.28. The Labute approximate surface area is 198 Å². The van der Waals surface area contributed by atoms with Crippen LogP contribution in [0.3, 0.4) is 0 Å². The van der Waals surface area contributed by atoms with E-state index in [9.17, 15) is 4.79 Å². The second-order valence-electron chi connectivity index (χ2n) is 7.55. The molecule has 1 aliphatic heterocycles. The number of amides is 1. The molecule has 7 nitrogen and oxygen atoms in total. The number of pyridine rings is 1. The van der Waals surface area contributed by atoms with Gasteiger partial charge in [0.2, 0.25) is 0 Å². The van der Waals surface area contributed by atoms with E-state index < -0.39 is 0 Å². The summed E-state index contributed by atoms with van der Waals surface area (Å²) in [4.78, 5) is 19.4. The number of rotatable bonds is 8. The molecule has 1 saturated heterocycles. The van der Waals surface area contributed by atoms with Crippen molar-refractivity contribution in [3.05, 3.63) is 82.5 Å². The van der Waals surface area contributed by atoms with Crippen LogP contribution in [0.25, 0.3) is 0 Å². The molecule has 172 valence electrons. The summed E-state index contributed by atoms with van der Waals surface area (Å²) in [5.74, 6) is 1.72. The van der Waals surface area contributed by atoms with Gasteiger partial charge < -0.3 is 24.4 Å². The van der Waals surface area contributed by atoms with Crippen molar-refractivity contribution in [2.24, 2.45) is 0 Å². The highest BCUT2D eigenvalue weighted by atomic mass is 35.5. The van der Waals surface area contributed by atoms with Gasteiger partial charge in [-0.1, -0.05) is 29.8 Å². The summed E-state index contributed by atoms with van der Waals surface area (Å²) in [5, 5.41) is 3.60. The van der Waals surface area contributed by atoms with E-state index in [1.807, 2.05) is 36.4 Å². The Balaban J connectivity index is 1.37. The van der Waals surface area contributed by atoms with Crippen LogP contribution in [-0.4, -0.2) is 44.3 Å². The zero-order chi connectivity index (χ0) is 23.0. The van der Waals surface area contributed by atoms with Gasteiger partial charge >= 0.3 is 0 Å². The van der Waals surface area contributed by atoms with E-state index in [2.05, 4.69) is 15.2 Å². The number of nitrogens with zero attached hydrogens (tertiary/aromatic N) is 2. The first-order valence-corrected chi connectivity index (χ1v) is 11.1. The summed E-state index contributed by atoms with van der Waals surface area (Å²) in [7, 11) is 1.55. The van der Waals surface area contributed by atoms with Gasteiger partial charge in [-0.3, -0.25) is 4.79 Å². The van der Waals surface area contributed by atoms with Crippen LogP contribution in [-0.2, 0) is 17.9 Å². The molecule has 0 aliphatic carbocycles. The Morgan fingerprint density at radius 2 is 1.94 bits per heavy atom. The number of hydrogen-bond acceptors (Lipinski definition) is 6. The van der Waals surface area contributed by atoms with Crippen molar-refractivity contribution >= 4 is 23.3 Å². The topological polar surface area (TPSA) is 72.9 Å². The molecule has 1 N–H and O–H groups in total. The van der Waals surface area contributed by atoms with Crippen molar-refractivity contribution in [3.63, 3.8) is 0 Å². The highest BCUT2D eigenvalue weighted by molar-refractivity contribution is 6.31. The third-order valence-electron chi connectivity index (χ3n) is 5.36. The predicted octanol–water partition coefficient (Wildman–Crippen LogP) is 4.09. The molecule has 1 amide bonds. The molecule has 8 heteroatoms. The van der Waals surface area contributed by atoms with E-state index in [-0.39, 0.29) is 5.91 Å². The number of benzene rings is 2. The summed E-state index contributed by atoms with van der Waals surface area (Å²) < 4.78 is 16.7. The highest BCUT2D eigenvalue weighted by Gasteiger charge is 2.14. The minimum absolute atomic E-state index is 0.198. The Kier molecular flexibility index (Phi) is 7.65. The quantitative estimate of drug-likeness (QED) is 0.538. The number of hydrogen-bond donors (Lipinski definition) is 1. The summed E-state index contributed by atoms with van der Waals surface area (Å²) in [6, 6.07) is 16.5. The lowest BCUT2D eigenvalue weighted by Crippen LogP contribution is -2.36. The minimum atomic E-state index is -0.198. The molecule has 1 aliphatic rings. The normalized spacial score (nSPS) is 13.5. The van der Waals surface area contributed by atoms with Crippen LogP contribution in [0.1, 0.15) is 21.5 Å². The van der Waals surface area contributed by atoms with Gasteiger partial charge in [0.1, 0.15) is 12.4 Å². The molecule has 0 saturated carbocycles. The van der Waals surface area contributed by atoms with Crippen molar-refractivity contribution < 1.29 is 19.0 Å². The first-order valence-electron chi connectivity index (χ1n) is 10.7. The van der Waals surface area contributed by atoms with Gasteiger partial charge in [0.05, 0.1) is 20.3 Å². The number of nitrogens with one attached hydrogen (secondary N) is 1. The van der Waals surface area contributed by atoms with E-state index in [0.717, 1.165) is 30.0 Å². The maximum atomic E-state index is 12.7. The smallest absolute Gasteiger partial charge is 0.251 e. The molecule has 0 radical (unpaired) electrons. The number of carbonyl (C=O) groups is 1. The second kappa shape index (κ2) is 11.0. The van der Waals surface area contributed by atoms with Crippen molar-refractivity contribution in [1.29, 1.82) is 0 Å². The van der Waals surface area contributed by atoms with Crippen LogP contribution in [0, 0.1) is 0 Å². The Hall–Kier alpha value is -3.29. The van der Waals surface area contributed by atoms with Gasteiger partial charge in [-0.15, -0.1) is 0 Å². The molecule has 0 atom stereocenters. The molecule has 2 heterocycles. The Bertz CT molecular complexity index is 1100. The standard InChI is InChI=1S/C25H26ClN3O4/c1-31-23-15-19(6-7-22(23)33-17-20-4-2-3-5-21(20)26)25(30)28-16-18-8-9-27-24(14-18)29-10-12-32-13-11-29/h2-9,14-15H,10-13,16-17H2,1H3,(H,28,30). The van der Waals surface area contributed by atoms with E-state index in [0.29, 0.717) is 48.5 Å². The van der Waals surface area contributed by atoms with Crippen LogP contribution in [0.15, 0.2) is 60.8 Å². The van der Waals surface area contributed by atoms with Crippen molar-refractivity contribution in [1.82, 2.24) is 10.3 Å². The third kappa shape index (κ3) is 5.94. The van der Waals surface area contributed by atoms with Gasteiger partial charge in [-0.25, -0.2) is 4.98 Å². The van der Waals surface area contributed by atoms with Gasteiger partial charge in [-0.05, 0) is 42.0 Å². The molecule has 0 unspecified atom stereocenters. The fourth-order valence-electron chi connectivity index (χ4n) is 3.52. The molecule has 2 aromatic carbocycles. The Morgan fingerprint density at radius 3 is 2.73 bits per heavy atom. The summed E-state index contributed by atoms with van der Waals surface area (Å²) in [6.45, 7) is 3.72. The van der Waals surface area contributed by atoms with Gasteiger partial charge in [0.15, 0.2) is 11.5 Å². The fourth-order valence-corrected chi connectivity index (χ4v) is 3.71.